The van der Waals surface area contributed by atoms with Crippen molar-refractivity contribution in [3.05, 3.63) is 64.7 Å². The Morgan fingerprint density at radius 1 is 1.00 bits per heavy atom. The molecule has 2 aromatic rings. The lowest BCUT2D eigenvalue weighted by molar-refractivity contribution is 0.0949. The standard InChI is InChI=1S/C22H28ClN3O2/c1-14(2)13-24-21(27)18-11-10-17(12-19(18)23)25-22(28)26-20(15(3)4)16-8-6-5-7-9-16/h5-12,14-15,20H,13H2,1-4H3,(H,24,27)(H2,25,26,28). The van der Waals surface area contributed by atoms with Crippen LogP contribution in [-0.4, -0.2) is 18.5 Å². The first-order valence-corrected chi connectivity index (χ1v) is 9.86. The van der Waals surface area contributed by atoms with E-state index >= 15 is 0 Å². The Balaban J connectivity index is 2.03. The molecule has 3 amide bonds. The molecule has 0 aromatic heterocycles. The number of carbonyl (C=O) groups is 2. The highest BCUT2D eigenvalue weighted by atomic mass is 35.5. The summed E-state index contributed by atoms with van der Waals surface area (Å²) in [5.41, 5.74) is 1.96. The van der Waals surface area contributed by atoms with E-state index in [4.69, 9.17) is 11.6 Å². The fourth-order valence-corrected chi connectivity index (χ4v) is 3.04. The van der Waals surface area contributed by atoms with Crippen molar-refractivity contribution < 1.29 is 9.59 Å². The zero-order chi connectivity index (χ0) is 20.7. The number of hydrogen-bond acceptors (Lipinski definition) is 2. The topological polar surface area (TPSA) is 70.2 Å². The number of anilines is 1. The molecule has 3 N–H and O–H groups in total. The smallest absolute Gasteiger partial charge is 0.319 e. The zero-order valence-corrected chi connectivity index (χ0v) is 17.5. The molecule has 0 bridgehead atoms. The van der Waals surface area contributed by atoms with Gasteiger partial charge in [0.2, 0.25) is 0 Å². The molecule has 0 spiro atoms. The molecule has 5 nitrogen and oxygen atoms in total. The SMILES string of the molecule is CC(C)CNC(=O)c1ccc(NC(=O)NC(c2ccccc2)C(C)C)cc1Cl. The van der Waals surface area contributed by atoms with E-state index in [1.165, 1.54) is 0 Å². The van der Waals surface area contributed by atoms with Gasteiger partial charge in [0.15, 0.2) is 0 Å². The summed E-state index contributed by atoms with van der Waals surface area (Å²) < 4.78 is 0. The lowest BCUT2D eigenvalue weighted by Crippen LogP contribution is -2.35. The summed E-state index contributed by atoms with van der Waals surface area (Å²) in [4.78, 5) is 24.6. The number of carbonyl (C=O) groups excluding carboxylic acids is 2. The highest BCUT2D eigenvalue weighted by Gasteiger charge is 2.18. The van der Waals surface area contributed by atoms with Crippen molar-refractivity contribution in [2.24, 2.45) is 11.8 Å². The van der Waals surface area contributed by atoms with E-state index in [-0.39, 0.29) is 23.9 Å². The number of nitrogens with one attached hydrogen (secondary N) is 3. The zero-order valence-electron chi connectivity index (χ0n) is 16.8. The first-order chi connectivity index (χ1) is 13.3. The van der Waals surface area contributed by atoms with Crippen LogP contribution in [0.3, 0.4) is 0 Å². The lowest BCUT2D eigenvalue weighted by Gasteiger charge is -2.23. The second kappa shape index (κ2) is 10.1. The predicted molar refractivity (Wildman–Crippen MR) is 115 cm³/mol. The molecule has 28 heavy (non-hydrogen) atoms. The largest absolute Gasteiger partial charge is 0.352 e. The monoisotopic (exact) mass is 401 g/mol. The van der Waals surface area contributed by atoms with Gasteiger partial charge in [0.1, 0.15) is 0 Å². The highest BCUT2D eigenvalue weighted by Crippen LogP contribution is 2.23. The molecule has 2 rings (SSSR count). The highest BCUT2D eigenvalue weighted by molar-refractivity contribution is 6.34. The Kier molecular flexibility index (Phi) is 7.88. The molecule has 1 atom stereocenters. The van der Waals surface area contributed by atoms with Gasteiger partial charge in [-0.15, -0.1) is 0 Å². The molecule has 6 heteroatoms. The minimum Gasteiger partial charge on any atom is -0.352 e. The van der Waals surface area contributed by atoms with Gasteiger partial charge in [-0.2, -0.15) is 0 Å². The lowest BCUT2D eigenvalue weighted by atomic mass is 9.96. The van der Waals surface area contributed by atoms with E-state index in [0.717, 1.165) is 5.56 Å². The number of halogens is 1. The Labute approximate surface area is 171 Å². The van der Waals surface area contributed by atoms with Crippen LogP contribution >= 0.6 is 11.6 Å². The van der Waals surface area contributed by atoms with Crippen LogP contribution in [0.4, 0.5) is 10.5 Å². The third kappa shape index (κ3) is 6.27. The van der Waals surface area contributed by atoms with Crippen LogP contribution in [0.15, 0.2) is 48.5 Å². The molecular formula is C22H28ClN3O2. The Bertz CT molecular complexity index is 807. The van der Waals surface area contributed by atoms with Crippen molar-refractivity contribution in [2.45, 2.75) is 33.7 Å². The van der Waals surface area contributed by atoms with E-state index in [0.29, 0.717) is 28.7 Å². The van der Waals surface area contributed by atoms with Crippen molar-refractivity contribution in [1.29, 1.82) is 0 Å². The summed E-state index contributed by atoms with van der Waals surface area (Å²) in [5, 5.41) is 8.91. The molecule has 0 aliphatic rings. The van der Waals surface area contributed by atoms with Gasteiger partial charge in [-0.05, 0) is 35.6 Å². The molecule has 0 heterocycles. The van der Waals surface area contributed by atoms with Crippen LogP contribution in [0, 0.1) is 11.8 Å². The molecule has 0 radical (unpaired) electrons. The normalized spacial score (nSPS) is 12.0. The molecule has 1 unspecified atom stereocenters. The third-order valence-electron chi connectivity index (χ3n) is 4.25. The third-order valence-corrected chi connectivity index (χ3v) is 4.57. The second-order valence-corrected chi connectivity index (χ2v) is 7.94. The van der Waals surface area contributed by atoms with E-state index in [1.54, 1.807) is 18.2 Å². The van der Waals surface area contributed by atoms with Gasteiger partial charge in [0.25, 0.3) is 5.91 Å². The van der Waals surface area contributed by atoms with Crippen molar-refractivity contribution in [1.82, 2.24) is 10.6 Å². The maximum Gasteiger partial charge on any atom is 0.319 e. The van der Waals surface area contributed by atoms with Gasteiger partial charge in [0, 0.05) is 12.2 Å². The van der Waals surface area contributed by atoms with Crippen LogP contribution in [-0.2, 0) is 0 Å². The molecule has 0 saturated heterocycles. The summed E-state index contributed by atoms with van der Waals surface area (Å²) in [7, 11) is 0. The minimum atomic E-state index is -0.323. The minimum absolute atomic E-state index is 0.113. The number of amides is 3. The van der Waals surface area contributed by atoms with E-state index in [2.05, 4.69) is 29.8 Å². The Hall–Kier alpha value is -2.53. The van der Waals surface area contributed by atoms with E-state index in [9.17, 15) is 9.59 Å². The molecule has 0 aliphatic carbocycles. The Morgan fingerprint density at radius 3 is 2.25 bits per heavy atom. The van der Waals surface area contributed by atoms with Crippen molar-refractivity contribution >= 4 is 29.2 Å². The van der Waals surface area contributed by atoms with Gasteiger partial charge in [-0.1, -0.05) is 69.6 Å². The molecule has 2 aromatic carbocycles. The van der Waals surface area contributed by atoms with Gasteiger partial charge < -0.3 is 16.0 Å². The number of rotatable bonds is 7. The van der Waals surface area contributed by atoms with Gasteiger partial charge in [-0.25, -0.2) is 4.79 Å². The summed E-state index contributed by atoms with van der Waals surface area (Å²) in [6.45, 7) is 8.73. The van der Waals surface area contributed by atoms with Gasteiger partial charge in [0.05, 0.1) is 16.6 Å². The fraction of sp³-hybridized carbons (Fsp3) is 0.364. The average molecular weight is 402 g/mol. The van der Waals surface area contributed by atoms with Crippen LogP contribution in [0.25, 0.3) is 0 Å². The Morgan fingerprint density at radius 2 is 1.68 bits per heavy atom. The quantitative estimate of drug-likeness (QED) is 0.593. The van der Waals surface area contributed by atoms with Crippen molar-refractivity contribution in [3.8, 4) is 0 Å². The second-order valence-electron chi connectivity index (χ2n) is 7.53. The molecule has 0 aliphatic heterocycles. The first-order valence-electron chi connectivity index (χ1n) is 9.48. The van der Waals surface area contributed by atoms with E-state index < -0.39 is 0 Å². The van der Waals surface area contributed by atoms with Crippen LogP contribution < -0.4 is 16.0 Å². The molecule has 150 valence electrons. The van der Waals surface area contributed by atoms with Gasteiger partial charge in [-0.3, -0.25) is 4.79 Å². The number of hydrogen-bond donors (Lipinski definition) is 3. The fourth-order valence-electron chi connectivity index (χ4n) is 2.77. The first kappa shape index (κ1) is 21.8. The number of urea groups is 1. The van der Waals surface area contributed by atoms with Gasteiger partial charge >= 0.3 is 6.03 Å². The van der Waals surface area contributed by atoms with Crippen LogP contribution in [0.2, 0.25) is 5.02 Å². The van der Waals surface area contributed by atoms with Crippen molar-refractivity contribution in [2.75, 3.05) is 11.9 Å². The maximum absolute atomic E-state index is 12.5. The predicted octanol–water partition coefficient (Wildman–Crippen LogP) is 5.24. The van der Waals surface area contributed by atoms with E-state index in [1.807, 2.05) is 44.2 Å². The van der Waals surface area contributed by atoms with Crippen molar-refractivity contribution in [3.63, 3.8) is 0 Å². The molecule has 0 fully saturated rings. The summed E-state index contributed by atoms with van der Waals surface area (Å²) in [6.07, 6.45) is 0. The summed E-state index contributed by atoms with van der Waals surface area (Å²) >= 11 is 6.24. The van der Waals surface area contributed by atoms with Crippen LogP contribution in [0.5, 0.6) is 0 Å². The summed E-state index contributed by atoms with van der Waals surface area (Å²) in [6, 6.07) is 14.3. The summed E-state index contributed by atoms with van der Waals surface area (Å²) in [5.74, 6) is 0.355. The molecule has 0 saturated carbocycles. The van der Waals surface area contributed by atoms with Crippen LogP contribution in [0.1, 0.15) is 49.7 Å². The average Bonchev–Trinajstić information content (AvgIpc) is 2.64. The molecular weight excluding hydrogens is 374 g/mol. The number of benzene rings is 2. The maximum atomic E-state index is 12.5.